The quantitative estimate of drug-likeness (QED) is 0.579. The summed E-state index contributed by atoms with van der Waals surface area (Å²) in [5.41, 5.74) is 0. The largest absolute Gasteiger partial charge is 0.457 e. The van der Waals surface area contributed by atoms with E-state index in [1.54, 1.807) is 0 Å². The van der Waals surface area contributed by atoms with Gasteiger partial charge in [-0.05, 0) is 12.8 Å². The molecule has 0 bridgehead atoms. The van der Waals surface area contributed by atoms with E-state index in [-0.39, 0.29) is 0 Å². The maximum atomic E-state index is 9.74. The Morgan fingerprint density at radius 3 is 2.80 bits per heavy atom. The zero-order valence-electron chi connectivity index (χ0n) is 9.26. The van der Waals surface area contributed by atoms with Crippen molar-refractivity contribution in [3.63, 3.8) is 0 Å². The maximum Gasteiger partial charge on any atom is 0.417 e. The average Bonchev–Trinajstić information content (AvgIpc) is 2.29. The van der Waals surface area contributed by atoms with Crippen LogP contribution in [0.15, 0.2) is 0 Å². The van der Waals surface area contributed by atoms with E-state index in [1.165, 1.54) is 25.7 Å². The van der Waals surface area contributed by atoms with Gasteiger partial charge in [0.05, 0.1) is 6.61 Å². The molecular weight excluding hydrogens is 192 g/mol. The fourth-order valence-electron chi connectivity index (χ4n) is 1.88. The molecule has 0 aliphatic carbocycles. The Kier molecular flexibility index (Phi) is 7.21. The molecule has 4 nitrogen and oxygen atoms in total. The van der Waals surface area contributed by atoms with Gasteiger partial charge in [0.2, 0.25) is 0 Å². The van der Waals surface area contributed by atoms with Crippen molar-refractivity contribution in [1.29, 1.82) is 0 Å². The predicted octanol–water partition coefficient (Wildman–Crippen LogP) is 0.582. The molecule has 87 valence electrons. The lowest BCUT2D eigenvalue weighted by molar-refractivity contribution is 0.268. The van der Waals surface area contributed by atoms with Crippen LogP contribution in [0, 0.1) is 0 Å². The van der Waals surface area contributed by atoms with Gasteiger partial charge in [-0.15, -0.1) is 0 Å². The molecule has 4 heteroatoms. The minimum atomic E-state index is 0.521. The van der Waals surface area contributed by atoms with E-state index in [9.17, 15) is 4.79 Å². The van der Waals surface area contributed by atoms with E-state index in [0.29, 0.717) is 12.6 Å². The third kappa shape index (κ3) is 6.47. The van der Waals surface area contributed by atoms with Crippen LogP contribution in [0.25, 0.3) is 0 Å². The normalized spacial score (nSPS) is 21.2. The summed E-state index contributed by atoms with van der Waals surface area (Å²) in [6, 6.07) is 0.651. The first kappa shape index (κ1) is 12.5. The van der Waals surface area contributed by atoms with Crippen LogP contribution in [-0.2, 0) is 9.53 Å². The summed E-state index contributed by atoms with van der Waals surface area (Å²) < 4.78 is 4.50. The van der Waals surface area contributed by atoms with Gasteiger partial charge in [-0.2, -0.15) is 0 Å². The van der Waals surface area contributed by atoms with Crippen LogP contribution in [0.2, 0.25) is 0 Å². The van der Waals surface area contributed by atoms with Crippen LogP contribution in [0.5, 0.6) is 0 Å². The summed E-state index contributed by atoms with van der Waals surface area (Å²) in [5, 5.41) is 6.87. The number of rotatable bonds is 8. The van der Waals surface area contributed by atoms with Crippen molar-refractivity contribution in [2.24, 2.45) is 0 Å². The molecule has 0 aromatic carbocycles. The summed E-state index contributed by atoms with van der Waals surface area (Å²) in [6.07, 6.45) is 5.83. The maximum absolute atomic E-state index is 9.74. The summed E-state index contributed by atoms with van der Waals surface area (Å²) in [5.74, 6) is 0. The topological polar surface area (TPSA) is 50.4 Å². The van der Waals surface area contributed by atoms with Crippen molar-refractivity contribution < 1.29 is 9.53 Å². The molecule has 1 saturated heterocycles. The minimum absolute atomic E-state index is 0.521. The Hall–Kier alpha value is -0.610. The molecule has 1 rings (SSSR count). The monoisotopic (exact) mass is 213 g/mol. The van der Waals surface area contributed by atoms with Crippen LogP contribution >= 0.6 is 0 Å². The second kappa shape index (κ2) is 8.68. The van der Waals surface area contributed by atoms with Crippen molar-refractivity contribution >= 4 is 6.47 Å². The molecule has 1 aliphatic rings. The highest BCUT2D eigenvalue weighted by molar-refractivity contribution is 5.37. The number of unbranched alkanes of at least 4 members (excludes halogenated alkanes) is 3. The smallest absolute Gasteiger partial charge is 0.417 e. The van der Waals surface area contributed by atoms with Crippen molar-refractivity contribution in [2.75, 3.05) is 26.2 Å². The molecule has 0 aromatic rings. The second-order valence-corrected chi connectivity index (χ2v) is 3.99. The summed E-state index contributed by atoms with van der Waals surface area (Å²) >= 11 is 0. The van der Waals surface area contributed by atoms with Gasteiger partial charge in [0.1, 0.15) is 0 Å². The average molecular weight is 213 g/mol. The Morgan fingerprint density at radius 2 is 2.07 bits per heavy atom. The predicted molar refractivity (Wildman–Crippen MR) is 59.4 cm³/mol. The number of nitrogens with one attached hydrogen (secondary N) is 2. The number of hydrogen-bond acceptors (Lipinski definition) is 4. The molecule has 1 fully saturated rings. The molecule has 1 unspecified atom stereocenters. The van der Waals surface area contributed by atoms with Crippen LogP contribution in [0.3, 0.4) is 0 Å². The number of hydrogen-bond donors (Lipinski definition) is 2. The Balaban J connectivity index is 1.81. The third-order valence-electron chi connectivity index (χ3n) is 2.73. The van der Waals surface area contributed by atoms with E-state index >= 15 is 0 Å². The summed E-state index contributed by atoms with van der Waals surface area (Å²) in [6.45, 7) is 5.25. The van der Waals surface area contributed by atoms with Crippen molar-refractivity contribution in [1.82, 2.24) is 10.6 Å². The molecule has 1 heterocycles. The van der Waals surface area contributed by atoms with Gasteiger partial charge in [-0.1, -0.05) is 19.3 Å². The fraction of sp³-hybridized carbons (Fsp3) is 0.909. The third-order valence-corrected chi connectivity index (χ3v) is 2.73. The van der Waals surface area contributed by atoms with Gasteiger partial charge in [0.15, 0.2) is 0 Å². The molecule has 1 radical (unpaired) electrons. The summed E-state index contributed by atoms with van der Waals surface area (Å²) in [4.78, 5) is 9.74. The molecule has 2 N–H and O–H groups in total. The number of ether oxygens (including phenoxy) is 1. The van der Waals surface area contributed by atoms with Gasteiger partial charge in [0, 0.05) is 25.7 Å². The highest BCUT2D eigenvalue weighted by Crippen LogP contribution is 2.06. The fourth-order valence-corrected chi connectivity index (χ4v) is 1.88. The van der Waals surface area contributed by atoms with E-state index in [4.69, 9.17) is 0 Å². The zero-order valence-corrected chi connectivity index (χ0v) is 9.26. The molecule has 1 atom stereocenters. The van der Waals surface area contributed by atoms with E-state index in [0.717, 1.165) is 32.5 Å². The van der Waals surface area contributed by atoms with Crippen molar-refractivity contribution in [3.8, 4) is 0 Å². The highest BCUT2D eigenvalue weighted by atomic mass is 16.5. The molecule has 1 aliphatic heterocycles. The molecule has 0 aromatic heterocycles. The first-order valence-corrected chi connectivity index (χ1v) is 5.86. The Morgan fingerprint density at radius 1 is 1.20 bits per heavy atom. The molecule has 0 amide bonds. The molecule has 0 spiro atoms. The van der Waals surface area contributed by atoms with Crippen LogP contribution in [0.4, 0.5) is 0 Å². The number of piperazine rings is 1. The van der Waals surface area contributed by atoms with E-state index in [1.807, 2.05) is 0 Å². The Bertz CT molecular complexity index is 159. The highest BCUT2D eigenvalue weighted by Gasteiger charge is 2.10. The van der Waals surface area contributed by atoms with Crippen LogP contribution in [-0.4, -0.2) is 38.8 Å². The minimum Gasteiger partial charge on any atom is -0.457 e. The van der Waals surface area contributed by atoms with Crippen LogP contribution in [0.1, 0.15) is 32.1 Å². The lowest BCUT2D eigenvalue weighted by atomic mass is 10.1. The zero-order chi connectivity index (χ0) is 10.8. The van der Waals surface area contributed by atoms with E-state index < -0.39 is 0 Å². The number of carbonyl (C=O) groups excluding carboxylic acids is 1. The van der Waals surface area contributed by atoms with Gasteiger partial charge < -0.3 is 15.4 Å². The first-order valence-electron chi connectivity index (χ1n) is 5.86. The SMILES string of the molecule is O=[C]OCCCCCCC1CNCCN1. The van der Waals surface area contributed by atoms with Crippen molar-refractivity contribution in [3.05, 3.63) is 0 Å². The lowest BCUT2D eigenvalue weighted by Crippen LogP contribution is -2.48. The van der Waals surface area contributed by atoms with Gasteiger partial charge in [0.25, 0.3) is 0 Å². The van der Waals surface area contributed by atoms with Gasteiger partial charge in [-0.3, -0.25) is 0 Å². The molecule has 0 saturated carbocycles. The summed E-state index contributed by atoms with van der Waals surface area (Å²) in [7, 11) is 0. The molecule has 15 heavy (non-hydrogen) atoms. The lowest BCUT2D eigenvalue weighted by Gasteiger charge is -2.24. The Labute approximate surface area is 91.8 Å². The second-order valence-electron chi connectivity index (χ2n) is 3.99. The standard InChI is InChI=1S/C11H21N2O2/c14-10-15-8-4-2-1-3-5-11-9-12-6-7-13-11/h11-13H,1-9H2. The van der Waals surface area contributed by atoms with Crippen LogP contribution < -0.4 is 10.6 Å². The van der Waals surface area contributed by atoms with E-state index in [2.05, 4.69) is 15.4 Å². The van der Waals surface area contributed by atoms with Crippen molar-refractivity contribution in [2.45, 2.75) is 38.1 Å². The van der Waals surface area contributed by atoms with Gasteiger partial charge >= 0.3 is 6.47 Å². The van der Waals surface area contributed by atoms with Gasteiger partial charge in [-0.25, -0.2) is 4.79 Å². The molecular formula is C11H21N2O2. The first-order chi connectivity index (χ1) is 7.43.